The van der Waals surface area contributed by atoms with E-state index in [9.17, 15) is 0 Å². The van der Waals surface area contributed by atoms with Gasteiger partial charge in [0.2, 0.25) is 0 Å². The summed E-state index contributed by atoms with van der Waals surface area (Å²) in [6.45, 7) is 8.56. The average molecular weight is 231 g/mol. The zero-order valence-electron chi connectivity index (χ0n) is 11.6. The lowest BCUT2D eigenvalue weighted by Crippen LogP contribution is -2.00. The topological polar surface area (TPSA) is 0 Å². The Morgan fingerprint density at radius 3 is 1.82 bits per heavy atom. The van der Waals surface area contributed by atoms with E-state index in [0.717, 1.165) is 12.8 Å². The summed E-state index contributed by atoms with van der Waals surface area (Å²) in [4.78, 5) is 0. The van der Waals surface area contributed by atoms with Crippen molar-refractivity contribution in [3.05, 3.63) is 41.8 Å². The van der Waals surface area contributed by atoms with Crippen molar-refractivity contribution in [2.24, 2.45) is 0 Å². The van der Waals surface area contributed by atoms with Crippen LogP contribution in [-0.4, -0.2) is 0 Å². The summed E-state index contributed by atoms with van der Waals surface area (Å²) in [5, 5.41) is 0. The van der Waals surface area contributed by atoms with Gasteiger partial charge in [-0.15, -0.1) is 0 Å². The molecule has 1 aromatic rings. The third-order valence-electron chi connectivity index (χ3n) is 3.40. The molecule has 0 aliphatic heterocycles. The molecular formula is C17H27. The van der Waals surface area contributed by atoms with Gasteiger partial charge in [0.15, 0.2) is 0 Å². The van der Waals surface area contributed by atoms with Gasteiger partial charge in [-0.1, -0.05) is 51.8 Å². The lowest BCUT2D eigenvalue weighted by Gasteiger charge is -2.14. The Labute approximate surface area is 107 Å². The minimum absolute atomic E-state index is 1.02. The monoisotopic (exact) mass is 231 g/mol. The lowest BCUT2D eigenvalue weighted by atomic mass is 9.92. The molecule has 1 aromatic carbocycles. The maximum atomic E-state index is 4.02. The Balaban J connectivity index is 2.86. The van der Waals surface area contributed by atoms with Gasteiger partial charge in [-0.05, 0) is 55.2 Å². The van der Waals surface area contributed by atoms with E-state index in [1.165, 1.54) is 38.5 Å². The van der Waals surface area contributed by atoms with E-state index in [0.29, 0.717) is 0 Å². The average Bonchev–Trinajstić information content (AvgIpc) is 2.36. The minimum atomic E-state index is 1.02. The van der Waals surface area contributed by atoms with Crippen molar-refractivity contribution >= 4 is 0 Å². The molecule has 0 heteroatoms. The lowest BCUT2D eigenvalue weighted by molar-refractivity contribution is 0.761. The van der Waals surface area contributed by atoms with Gasteiger partial charge in [0.05, 0.1) is 0 Å². The van der Waals surface area contributed by atoms with Gasteiger partial charge in [0, 0.05) is 0 Å². The van der Waals surface area contributed by atoms with Gasteiger partial charge in [0.1, 0.15) is 0 Å². The highest BCUT2D eigenvalue weighted by Gasteiger charge is 2.06. The normalized spacial score (nSPS) is 10.8. The number of unbranched alkanes of at least 4 members (excludes halogenated alkanes) is 2. The fourth-order valence-corrected chi connectivity index (χ4v) is 2.39. The number of rotatable bonds is 8. The van der Waals surface area contributed by atoms with Crippen LogP contribution in [0.1, 0.15) is 62.6 Å². The van der Waals surface area contributed by atoms with Gasteiger partial charge >= 0.3 is 0 Å². The SMILES string of the molecule is [CH2]CCc1c(CCCC)cccc1CCCC. The van der Waals surface area contributed by atoms with E-state index in [1.807, 2.05) is 0 Å². The predicted molar refractivity (Wildman–Crippen MR) is 77.3 cm³/mol. The molecule has 0 fully saturated rings. The number of hydrogen-bond acceptors (Lipinski definition) is 0. The molecule has 0 unspecified atom stereocenters. The molecular weight excluding hydrogens is 204 g/mol. The minimum Gasteiger partial charge on any atom is -0.0654 e. The molecule has 95 valence electrons. The second kappa shape index (κ2) is 8.33. The van der Waals surface area contributed by atoms with Crippen LogP contribution in [0.25, 0.3) is 0 Å². The Bertz CT molecular complexity index is 286. The van der Waals surface area contributed by atoms with E-state index in [2.05, 4.69) is 39.0 Å². The van der Waals surface area contributed by atoms with E-state index in [1.54, 1.807) is 16.7 Å². The van der Waals surface area contributed by atoms with Gasteiger partial charge in [-0.25, -0.2) is 0 Å². The van der Waals surface area contributed by atoms with Crippen LogP contribution in [0, 0.1) is 6.92 Å². The van der Waals surface area contributed by atoms with Crippen molar-refractivity contribution in [2.45, 2.75) is 65.2 Å². The summed E-state index contributed by atoms with van der Waals surface area (Å²) < 4.78 is 0. The second-order valence-corrected chi connectivity index (χ2v) is 4.87. The predicted octanol–water partition coefficient (Wildman–Crippen LogP) is 5.14. The van der Waals surface area contributed by atoms with Crippen LogP contribution in [0.4, 0.5) is 0 Å². The summed E-state index contributed by atoms with van der Waals surface area (Å²) in [6.07, 6.45) is 9.83. The van der Waals surface area contributed by atoms with Crippen molar-refractivity contribution < 1.29 is 0 Å². The summed E-state index contributed by atoms with van der Waals surface area (Å²) in [5.41, 5.74) is 4.75. The van der Waals surface area contributed by atoms with Crippen LogP contribution in [0.3, 0.4) is 0 Å². The van der Waals surface area contributed by atoms with Crippen molar-refractivity contribution in [3.8, 4) is 0 Å². The number of hydrogen-bond donors (Lipinski definition) is 0. The quantitative estimate of drug-likeness (QED) is 0.581. The first kappa shape index (κ1) is 14.3. The van der Waals surface area contributed by atoms with Crippen LogP contribution in [0.15, 0.2) is 18.2 Å². The molecule has 0 bridgehead atoms. The third kappa shape index (κ3) is 4.53. The molecule has 0 saturated heterocycles. The molecule has 17 heavy (non-hydrogen) atoms. The van der Waals surface area contributed by atoms with Crippen molar-refractivity contribution in [3.63, 3.8) is 0 Å². The molecule has 1 rings (SSSR count). The fraction of sp³-hybridized carbons (Fsp3) is 0.588. The molecule has 0 nitrogen and oxygen atoms in total. The van der Waals surface area contributed by atoms with Crippen LogP contribution < -0.4 is 0 Å². The molecule has 0 atom stereocenters. The molecule has 0 aliphatic rings. The molecule has 0 amide bonds. The zero-order chi connectivity index (χ0) is 12.5. The Kier molecular flexibility index (Phi) is 7.00. The summed E-state index contributed by atoms with van der Waals surface area (Å²) >= 11 is 0. The molecule has 0 aromatic heterocycles. The van der Waals surface area contributed by atoms with Crippen LogP contribution in [-0.2, 0) is 19.3 Å². The first-order valence-corrected chi connectivity index (χ1v) is 7.22. The van der Waals surface area contributed by atoms with Crippen molar-refractivity contribution in [1.82, 2.24) is 0 Å². The highest BCUT2D eigenvalue weighted by Crippen LogP contribution is 2.21. The van der Waals surface area contributed by atoms with Crippen LogP contribution >= 0.6 is 0 Å². The Hall–Kier alpha value is -0.780. The van der Waals surface area contributed by atoms with Crippen LogP contribution in [0.2, 0.25) is 0 Å². The Morgan fingerprint density at radius 2 is 1.41 bits per heavy atom. The fourth-order valence-electron chi connectivity index (χ4n) is 2.39. The van der Waals surface area contributed by atoms with Crippen LogP contribution in [0.5, 0.6) is 0 Å². The van der Waals surface area contributed by atoms with Crippen molar-refractivity contribution in [1.29, 1.82) is 0 Å². The van der Waals surface area contributed by atoms with E-state index < -0.39 is 0 Å². The van der Waals surface area contributed by atoms with E-state index >= 15 is 0 Å². The summed E-state index contributed by atoms with van der Waals surface area (Å²) in [7, 11) is 0. The zero-order valence-corrected chi connectivity index (χ0v) is 11.6. The molecule has 0 saturated carbocycles. The van der Waals surface area contributed by atoms with Gasteiger partial charge in [0.25, 0.3) is 0 Å². The molecule has 0 N–H and O–H groups in total. The first-order chi connectivity index (χ1) is 8.33. The first-order valence-electron chi connectivity index (χ1n) is 7.22. The molecule has 0 heterocycles. The van der Waals surface area contributed by atoms with Gasteiger partial charge in [-0.2, -0.15) is 0 Å². The Morgan fingerprint density at radius 1 is 0.882 bits per heavy atom. The second-order valence-electron chi connectivity index (χ2n) is 4.87. The highest BCUT2D eigenvalue weighted by atomic mass is 14.1. The molecule has 0 aliphatic carbocycles. The van der Waals surface area contributed by atoms with Gasteiger partial charge in [-0.3, -0.25) is 0 Å². The van der Waals surface area contributed by atoms with E-state index in [-0.39, 0.29) is 0 Å². The van der Waals surface area contributed by atoms with Crippen molar-refractivity contribution in [2.75, 3.05) is 0 Å². The summed E-state index contributed by atoms with van der Waals surface area (Å²) in [5.74, 6) is 0. The largest absolute Gasteiger partial charge is 0.0654 e. The summed E-state index contributed by atoms with van der Waals surface area (Å²) in [6, 6.07) is 6.87. The number of aryl methyl sites for hydroxylation is 2. The third-order valence-corrected chi connectivity index (χ3v) is 3.40. The molecule has 0 spiro atoms. The standard InChI is InChI=1S/C17H27/c1-4-7-11-15-13-9-14-16(12-8-5-2)17(15)10-6-3/h9,13-14H,3-8,10-12H2,1-2H3. The van der Waals surface area contributed by atoms with E-state index in [4.69, 9.17) is 0 Å². The smallest absolute Gasteiger partial charge is 0.0273 e. The number of benzene rings is 1. The highest BCUT2D eigenvalue weighted by molar-refractivity contribution is 5.36. The maximum Gasteiger partial charge on any atom is -0.0273 e. The molecule has 1 radical (unpaired) electrons. The van der Waals surface area contributed by atoms with Gasteiger partial charge < -0.3 is 0 Å². The maximum absolute atomic E-state index is 4.02.